The van der Waals surface area contributed by atoms with Crippen molar-refractivity contribution in [2.75, 3.05) is 7.11 Å². The average Bonchev–Trinajstić information content (AvgIpc) is 2.69. The Morgan fingerprint density at radius 1 is 0.852 bits per heavy atom. The number of nitrogens with one attached hydrogen (secondary N) is 1. The van der Waals surface area contributed by atoms with Crippen LogP contribution >= 0.6 is 11.6 Å². The van der Waals surface area contributed by atoms with Crippen LogP contribution in [-0.2, 0) is 19.7 Å². The first-order valence-electron chi connectivity index (χ1n) is 8.65. The first kappa shape index (κ1) is 19.2. The minimum absolute atomic E-state index is 0.0784. The van der Waals surface area contributed by atoms with Gasteiger partial charge in [-0.1, -0.05) is 54.1 Å². The molecule has 3 aromatic carbocycles. The number of para-hydroxylation sites is 2. The molecule has 0 spiro atoms. The van der Waals surface area contributed by atoms with E-state index in [1.807, 2.05) is 48.5 Å². The van der Waals surface area contributed by atoms with E-state index in [1.54, 1.807) is 19.2 Å². The monoisotopic (exact) mass is 385 g/mol. The minimum atomic E-state index is -0.366. The Kier molecular flexibility index (Phi) is 6.69. The van der Waals surface area contributed by atoms with Crippen LogP contribution in [0.4, 0.5) is 4.39 Å². The highest BCUT2D eigenvalue weighted by molar-refractivity contribution is 6.31. The molecule has 0 radical (unpaired) electrons. The molecule has 0 amide bonds. The molecule has 0 atom stereocenters. The highest BCUT2D eigenvalue weighted by Crippen LogP contribution is 2.24. The summed E-state index contributed by atoms with van der Waals surface area (Å²) >= 11 is 6.07. The van der Waals surface area contributed by atoms with Crippen LogP contribution in [-0.4, -0.2) is 7.11 Å². The summed E-state index contributed by atoms with van der Waals surface area (Å²) in [6.07, 6.45) is 0. The van der Waals surface area contributed by atoms with E-state index in [9.17, 15) is 4.39 Å². The number of rotatable bonds is 8. The summed E-state index contributed by atoms with van der Waals surface area (Å²) in [7, 11) is 1.66. The smallest absolute Gasteiger partial charge is 0.131 e. The van der Waals surface area contributed by atoms with Gasteiger partial charge in [0.15, 0.2) is 0 Å². The third-order valence-corrected chi connectivity index (χ3v) is 4.58. The lowest BCUT2D eigenvalue weighted by Crippen LogP contribution is -2.14. The molecule has 27 heavy (non-hydrogen) atoms. The Morgan fingerprint density at radius 3 is 2.15 bits per heavy atom. The van der Waals surface area contributed by atoms with Gasteiger partial charge in [-0.3, -0.25) is 0 Å². The molecule has 0 aliphatic rings. The molecule has 5 heteroatoms. The second-order valence-corrected chi connectivity index (χ2v) is 6.42. The fourth-order valence-electron chi connectivity index (χ4n) is 2.79. The Labute approximate surface area is 163 Å². The molecule has 0 fully saturated rings. The van der Waals surface area contributed by atoms with E-state index in [2.05, 4.69) is 5.32 Å². The largest absolute Gasteiger partial charge is 0.496 e. The van der Waals surface area contributed by atoms with Crippen molar-refractivity contribution < 1.29 is 13.9 Å². The van der Waals surface area contributed by atoms with Gasteiger partial charge >= 0.3 is 0 Å². The number of hydrogen-bond donors (Lipinski definition) is 1. The number of halogens is 2. The maximum absolute atomic E-state index is 13.9. The summed E-state index contributed by atoms with van der Waals surface area (Å²) in [5, 5.41) is 3.76. The van der Waals surface area contributed by atoms with Crippen LogP contribution in [0.5, 0.6) is 11.5 Å². The lowest BCUT2D eigenvalue weighted by molar-refractivity contribution is 0.296. The lowest BCUT2D eigenvalue weighted by Gasteiger charge is -2.14. The first-order chi connectivity index (χ1) is 13.2. The molecular formula is C22H21ClFNO2. The van der Waals surface area contributed by atoms with Gasteiger partial charge in [-0.2, -0.15) is 0 Å². The molecule has 0 aliphatic heterocycles. The molecule has 1 N–H and O–H groups in total. The van der Waals surface area contributed by atoms with E-state index in [0.29, 0.717) is 29.4 Å². The van der Waals surface area contributed by atoms with Crippen LogP contribution in [0.2, 0.25) is 5.02 Å². The van der Waals surface area contributed by atoms with E-state index in [4.69, 9.17) is 21.1 Å². The van der Waals surface area contributed by atoms with Crippen LogP contribution in [0.25, 0.3) is 0 Å². The van der Waals surface area contributed by atoms with Crippen LogP contribution in [0.15, 0.2) is 66.7 Å². The topological polar surface area (TPSA) is 30.5 Å². The zero-order valence-corrected chi connectivity index (χ0v) is 15.8. The van der Waals surface area contributed by atoms with Crippen molar-refractivity contribution >= 4 is 11.6 Å². The molecule has 0 saturated carbocycles. The number of hydrogen-bond acceptors (Lipinski definition) is 3. The third-order valence-electron chi connectivity index (χ3n) is 4.23. The molecule has 0 bridgehead atoms. The van der Waals surface area contributed by atoms with Crippen molar-refractivity contribution in [1.29, 1.82) is 0 Å². The Hall–Kier alpha value is -2.56. The quantitative estimate of drug-likeness (QED) is 0.566. The zero-order chi connectivity index (χ0) is 19.1. The van der Waals surface area contributed by atoms with Crippen molar-refractivity contribution in [2.24, 2.45) is 0 Å². The van der Waals surface area contributed by atoms with Gasteiger partial charge in [0.25, 0.3) is 0 Å². The summed E-state index contributed by atoms with van der Waals surface area (Å²) in [4.78, 5) is 0. The number of methoxy groups -OCH3 is 1. The second kappa shape index (κ2) is 9.40. The zero-order valence-electron chi connectivity index (χ0n) is 15.0. The lowest BCUT2D eigenvalue weighted by atomic mass is 10.1. The van der Waals surface area contributed by atoms with Gasteiger partial charge in [0.1, 0.15) is 23.9 Å². The predicted molar refractivity (Wildman–Crippen MR) is 106 cm³/mol. The molecule has 0 saturated heterocycles. The maximum Gasteiger partial charge on any atom is 0.131 e. The molecule has 3 nitrogen and oxygen atoms in total. The van der Waals surface area contributed by atoms with Crippen LogP contribution < -0.4 is 14.8 Å². The molecule has 3 aromatic rings. The highest BCUT2D eigenvalue weighted by atomic mass is 35.5. The molecule has 0 unspecified atom stereocenters. The van der Waals surface area contributed by atoms with Gasteiger partial charge in [-0.05, 0) is 24.3 Å². The summed E-state index contributed by atoms with van der Waals surface area (Å²) in [6, 6.07) is 20.2. The van der Waals surface area contributed by atoms with E-state index in [0.717, 1.165) is 16.9 Å². The van der Waals surface area contributed by atoms with E-state index in [1.165, 1.54) is 6.07 Å². The maximum atomic E-state index is 13.9. The van der Waals surface area contributed by atoms with Gasteiger partial charge in [0.2, 0.25) is 0 Å². The Bertz CT molecular complexity index is 881. The molecule has 0 aromatic heterocycles. The predicted octanol–water partition coefficient (Wildman–Crippen LogP) is 5.36. The van der Waals surface area contributed by atoms with Crippen molar-refractivity contribution in [3.05, 3.63) is 94.3 Å². The van der Waals surface area contributed by atoms with Gasteiger partial charge in [0, 0.05) is 29.8 Å². The first-order valence-corrected chi connectivity index (χ1v) is 9.03. The molecule has 140 valence electrons. The summed E-state index contributed by atoms with van der Waals surface area (Å²) in [6.45, 7) is 1.35. The fourth-order valence-corrected chi connectivity index (χ4v) is 3.01. The fraction of sp³-hybridized carbons (Fsp3) is 0.182. The van der Waals surface area contributed by atoms with E-state index in [-0.39, 0.29) is 12.4 Å². The van der Waals surface area contributed by atoms with Crippen LogP contribution in [0.1, 0.15) is 16.7 Å². The van der Waals surface area contributed by atoms with E-state index < -0.39 is 0 Å². The second-order valence-electron chi connectivity index (χ2n) is 6.01. The standard InChI is InChI=1S/C22H21ClFNO2/c1-26-21-11-4-2-7-16(21)13-25-14-17-8-3-5-12-22(17)27-15-18-19(23)9-6-10-20(18)24/h2-12,25H,13-15H2,1H3. The average molecular weight is 386 g/mol. The summed E-state index contributed by atoms with van der Waals surface area (Å²) in [5.41, 5.74) is 2.42. The minimum Gasteiger partial charge on any atom is -0.496 e. The van der Waals surface area contributed by atoms with Gasteiger partial charge in [0.05, 0.1) is 12.1 Å². The third kappa shape index (κ3) is 5.00. The number of benzene rings is 3. The van der Waals surface area contributed by atoms with Crippen molar-refractivity contribution in [3.63, 3.8) is 0 Å². The summed E-state index contributed by atoms with van der Waals surface area (Å²) < 4.78 is 25.1. The normalized spacial score (nSPS) is 10.6. The van der Waals surface area contributed by atoms with Crippen LogP contribution in [0, 0.1) is 5.82 Å². The molecule has 0 heterocycles. The number of ether oxygens (including phenoxy) is 2. The van der Waals surface area contributed by atoms with Crippen LogP contribution in [0.3, 0.4) is 0 Å². The van der Waals surface area contributed by atoms with E-state index >= 15 is 0 Å². The van der Waals surface area contributed by atoms with Gasteiger partial charge in [-0.25, -0.2) is 4.39 Å². The Morgan fingerprint density at radius 2 is 1.48 bits per heavy atom. The molecule has 3 rings (SSSR count). The Balaban J connectivity index is 1.64. The van der Waals surface area contributed by atoms with Gasteiger partial charge < -0.3 is 14.8 Å². The van der Waals surface area contributed by atoms with Gasteiger partial charge in [-0.15, -0.1) is 0 Å². The van der Waals surface area contributed by atoms with Crippen molar-refractivity contribution in [2.45, 2.75) is 19.7 Å². The SMILES string of the molecule is COc1ccccc1CNCc1ccccc1OCc1c(F)cccc1Cl. The van der Waals surface area contributed by atoms with Crippen molar-refractivity contribution in [3.8, 4) is 11.5 Å². The highest BCUT2D eigenvalue weighted by Gasteiger charge is 2.10. The van der Waals surface area contributed by atoms with Crippen molar-refractivity contribution in [1.82, 2.24) is 5.32 Å². The molecule has 0 aliphatic carbocycles. The summed E-state index contributed by atoms with van der Waals surface area (Å²) in [5.74, 6) is 1.18. The molecular weight excluding hydrogens is 365 g/mol.